The zero-order valence-electron chi connectivity index (χ0n) is 11.9. The summed E-state index contributed by atoms with van der Waals surface area (Å²) in [7, 11) is 3.60. The van der Waals surface area contributed by atoms with Crippen molar-refractivity contribution in [3.63, 3.8) is 0 Å². The molecule has 1 heterocycles. The highest BCUT2D eigenvalue weighted by Gasteiger charge is 2.22. The summed E-state index contributed by atoms with van der Waals surface area (Å²) in [5.41, 5.74) is 6.27. The second-order valence-corrected chi connectivity index (χ2v) is 5.40. The number of anilines is 2. The molecule has 0 atom stereocenters. The maximum Gasteiger partial charge on any atom is 0.258 e. The van der Waals surface area contributed by atoms with Crippen LogP contribution in [0.4, 0.5) is 10.8 Å². The molecule has 0 radical (unpaired) electrons. The Morgan fingerprint density at radius 1 is 1.58 bits per heavy atom. The van der Waals surface area contributed by atoms with Gasteiger partial charge < -0.3 is 20.7 Å². The van der Waals surface area contributed by atoms with Crippen LogP contribution in [0.15, 0.2) is 0 Å². The summed E-state index contributed by atoms with van der Waals surface area (Å²) in [6.07, 6.45) is 0.885. The number of methoxy groups -OCH3 is 1. The number of aromatic nitrogens is 1. The lowest BCUT2D eigenvalue weighted by molar-refractivity contribution is 0.0945. The average Bonchev–Trinajstić information content (AvgIpc) is 2.70. The summed E-state index contributed by atoms with van der Waals surface area (Å²) in [6.45, 7) is 5.30. The minimum absolute atomic E-state index is 0.0680. The topological polar surface area (TPSA) is 80.5 Å². The predicted molar refractivity (Wildman–Crippen MR) is 78.9 cm³/mol. The molecule has 0 aliphatic heterocycles. The third-order valence-corrected chi connectivity index (χ3v) is 3.51. The molecule has 0 bridgehead atoms. The van der Waals surface area contributed by atoms with E-state index >= 15 is 0 Å². The second-order valence-electron chi connectivity index (χ2n) is 4.64. The Hall–Kier alpha value is -1.34. The summed E-state index contributed by atoms with van der Waals surface area (Å²) in [4.78, 5) is 14.1. The largest absolute Gasteiger partial charge is 0.385 e. The Bertz CT molecular complexity index is 420. The van der Waals surface area contributed by atoms with E-state index in [0.29, 0.717) is 12.2 Å². The van der Waals surface area contributed by atoms with Crippen molar-refractivity contribution in [2.75, 3.05) is 37.9 Å². The number of carbonyl (C=O) groups is 1. The minimum atomic E-state index is -0.171. The standard InChI is InChI=1S/C12H22N4O2S/c1-8(2)14-11(17)9-10(13)15-19-12(9)16(3)6-5-7-18-4/h8H,5-7H2,1-4H3,(H2,13,15)(H,14,17). The Morgan fingerprint density at radius 3 is 2.84 bits per heavy atom. The van der Waals surface area contributed by atoms with E-state index in [-0.39, 0.29) is 17.8 Å². The zero-order valence-corrected chi connectivity index (χ0v) is 12.7. The molecule has 0 saturated heterocycles. The number of ether oxygens (including phenoxy) is 1. The van der Waals surface area contributed by atoms with Crippen LogP contribution < -0.4 is 16.0 Å². The van der Waals surface area contributed by atoms with Crippen molar-refractivity contribution in [3.05, 3.63) is 5.56 Å². The summed E-state index contributed by atoms with van der Waals surface area (Å²) < 4.78 is 9.10. The fourth-order valence-electron chi connectivity index (χ4n) is 1.65. The molecule has 1 aromatic heterocycles. The maximum absolute atomic E-state index is 12.1. The first-order chi connectivity index (χ1) is 8.97. The van der Waals surface area contributed by atoms with Gasteiger partial charge in [-0.25, -0.2) is 0 Å². The van der Waals surface area contributed by atoms with Gasteiger partial charge in [-0.15, -0.1) is 0 Å². The van der Waals surface area contributed by atoms with Crippen molar-refractivity contribution >= 4 is 28.3 Å². The van der Waals surface area contributed by atoms with E-state index in [1.54, 1.807) is 7.11 Å². The van der Waals surface area contributed by atoms with E-state index < -0.39 is 0 Å². The lowest BCUT2D eigenvalue weighted by Gasteiger charge is -2.18. The highest BCUT2D eigenvalue weighted by atomic mass is 32.1. The summed E-state index contributed by atoms with van der Waals surface area (Å²) in [6, 6.07) is 0.0680. The number of hydrogen-bond acceptors (Lipinski definition) is 6. The first-order valence-corrected chi connectivity index (χ1v) is 7.00. The average molecular weight is 286 g/mol. The summed E-state index contributed by atoms with van der Waals surface area (Å²) >= 11 is 1.25. The van der Waals surface area contributed by atoms with Crippen molar-refractivity contribution in [3.8, 4) is 0 Å². The van der Waals surface area contributed by atoms with Crippen LogP contribution in [0, 0.1) is 0 Å². The number of nitrogens with one attached hydrogen (secondary N) is 1. The molecule has 0 unspecified atom stereocenters. The maximum atomic E-state index is 12.1. The normalized spacial score (nSPS) is 10.8. The van der Waals surface area contributed by atoms with E-state index in [9.17, 15) is 4.79 Å². The van der Waals surface area contributed by atoms with Gasteiger partial charge in [0.1, 0.15) is 10.6 Å². The number of rotatable bonds is 7. The first kappa shape index (κ1) is 15.7. The molecule has 0 aliphatic rings. The van der Waals surface area contributed by atoms with Crippen molar-refractivity contribution in [2.45, 2.75) is 26.3 Å². The van der Waals surface area contributed by atoms with Crippen LogP contribution in [0.1, 0.15) is 30.6 Å². The Labute approximate surface area is 118 Å². The van der Waals surface area contributed by atoms with E-state index in [2.05, 4.69) is 9.69 Å². The number of nitrogens with two attached hydrogens (primary N) is 1. The van der Waals surface area contributed by atoms with Gasteiger partial charge in [-0.2, -0.15) is 4.37 Å². The van der Waals surface area contributed by atoms with Gasteiger partial charge in [0.2, 0.25) is 0 Å². The van der Waals surface area contributed by atoms with Crippen LogP contribution in [0.2, 0.25) is 0 Å². The van der Waals surface area contributed by atoms with Crippen LogP contribution in [0.25, 0.3) is 0 Å². The summed E-state index contributed by atoms with van der Waals surface area (Å²) in [5.74, 6) is 0.117. The molecule has 19 heavy (non-hydrogen) atoms. The monoisotopic (exact) mass is 286 g/mol. The van der Waals surface area contributed by atoms with E-state index in [0.717, 1.165) is 18.0 Å². The van der Waals surface area contributed by atoms with Crippen molar-refractivity contribution in [1.29, 1.82) is 0 Å². The lowest BCUT2D eigenvalue weighted by atomic mass is 10.2. The highest BCUT2D eigenvalue weighted by molar-refractivity contribution is 7.11. The van der Waals surface area contributed by atoms with Crippen molar-refractivity contribution in [2.24, 2.45) is 0 Å². The van der Waals surface area contributed by atoms with Crippen molar-refractivity contribution in [1.82, 2.24) is 9.69 Å². The molecule has 0 saturated carbocycles. The molecule has 0 fully saturated rings. The first-order valence-electron chi connectivity index (χ1n) is 6.23. The van der Waals surface area contributed by atoms with Crippen LogP contribution in [0.3, 0.4) is 0 Å². The molecule has 1 rings (SSSR count). The molecule has 6 nitrogen and oxygen atoms in total. The number of nitrogens with zero attached hydrogens (tertiary/aromatic N) is 2. The number of carbonyl (C=O) groups excluding carboxylic acids is 1. The van der Waals surface area contributed by atoms with Gasteiger partial charge in [0.25, 0.3) is 5.91 Å². The van der Waals surface area contributed by atoms with Gasteiger partial charge in [0, 0.05) is 33.4 Å². The van der Waals surface area contributed by atoms with E-state index in [4.69, 9.17) is 10.5 Å². The van der Waals surface area contributed by atoms with Crippen molar-refractivity contribution < 1.29 is 9.53 Å². The highest BCUT2D eigenvalue weighted by Crippen LogP contribution is 2.29. The molecule has 3 N–H and O–H groups in total. The molecule has 1 aromatic rings. The Kier molecular flexibility index (Phi) is 6.04. The van der Waals surface area contributed by atoms with Crippen LogP contribution in [-0.4, -0.2) is 43.6 Å². The van der Waals surface area contributed by atoms with Gasteiger partial charge in [0.05, 0.1) is 0 Å². The second kappa shape index (κ2) is 7.30. The molecule has 7 heteroatoms. The summed E-state index contributed by atoms with van der Waals surface area (Å²) in [5, 5.41) is 3.64. The SMILES string of the molecule is COCCCN(C)c1snc(N)c1C(=O)NC(C)C. The van der Waals surface area contributed by atoms with Gasteiger partial charge in [-0.1, -0.05) is 0 Å². The van der Waals surface area contributed by atoms with Crippen LogP contribution >= 0.6 is 11.5 Å². The van der Waals surface area contributed by atoms with Crippen LogP contribution in [-0.2, 0) is 4.74 Å². The van der Waals surface area contributed by atoms with Crippen LogP contribution in [0.5, 0.6) is 0 Å². The third kappa shape index (κ3) is 4.36. The molecular weight excluding hydrogens is 264 g/mol. The lowest BCUT2D eigenvalue weighted by Crippen LogP contribution is -2.32. The molecule has 0 spiro atoms. The molecule has 1 amide bonds. The smallest absolute Gasteiger partial charge is 0.258 e. The van der Waals surface area contributed by atoms with E-state index in [1.165, 1.54) is 11.5 Å². The number of hydrogen-bond donors (Lipinski definition) is 2. The predicted octanol–water partition coefficient (Wildman–Crippen LogP) is 1.34. The number of amides is 1. The molecule has 0 aromatic carbocycles. The molecule has 108 valence electrons. The molecular formula is C12H22N4O2S. The quantitative estimate of drug-likeness (QED) is 0.739. The van der Waals surface area contributed by atoms with Gasteiger partial charge in [0.15, 0.2) is 5.82 Å². The van der Waals surface area contributed by atoms with Gasteiger partial charge in [-0.05, 0) is 31.8 Å². The third-order valence-electron chi connectivity index (χ3n) is 2.54. The number of nitrogen functional groups attached to an aromatic ring is 1. The minimum Gasteiger partial charge on any atom is -0.385 e. The Balaban J connectivity index is 2.81. The van der Waals surface area contributed by atoms with Gasteiger partial charge >= 0.3 is 0 Å². The van der Waals surface area contributed by atoms with E-state index in [1.807, 2.05) is 25.8 Å². The zero-order chi connectivity index (χ0) is 14.4. The Morgan fingerprint density at radius 2 is 2.26 bits per heavy atom. The van der Waals surface area contributed by atoms with Gasteiger partial charge in [-0.3, -0.25) is 4.79 Å². The fraction of sp³-hybridized carbons (Fsp3) is 0.667. The molecule has 0 aliphatic carbocycles. The fourth-order valence-corrected chi connectivity index (χ4v) is 2.44.